The molecule has 192 valence electrons. The van der Waals surface area contributed by atoms with Gasteiger partial charge in [-0.05, 0) is 71.8 Å². The van der Waals surface area contributed by atoms with Crippen molar-refractivity contribution in [1.82, 2.24) is 15.0 Å². The van der Waals surface area contributed by atoms with Crippen molar-refractivity contribution in [3.63, 3.8) is 0 Å². The van der Waals surface area contributed by atoms with Crippen molar-refractivity contribution < 1.29 is 23.8 Å². The Hall–Kier alpha value is -5.77. The van der Waals surface area contributed by atoms with E-state index in [1.54, 1.807) is 36.4 Å². The monoisotopic (exact) mass is 519 g/mol. The molecule has 0 fully saturated rings. The zero-order chi connectivity index (χ0) is 27.2. The molecule has 10 nitrogen and oxygen atoms in total. The van der Waals surface area contributed by atoms with Gasteiger partial charge in [0.15, 0.2) is 0 Å². The zero-order valence-corrected chi connectivity index (χ0v) is 20.4. The molecule has 5 aromatic rings. The minimum Gasteiger partial charge on any atom is -0.424 e. The summed E-state index contributed by atoms with van der Waals surface area (Å²) in [5, 5.41) is 0. The third-order valence-electron chi connectivity index (χ3n) is 5.44. The lowest BCUT2D eigenvalue weighted by atomic mass is 10.1. The molecule has 5 rings (SSSR count). The van der Waals surface area contributed by atoms with Gasteiger partial charge in [-0.25, -0.2) is 0 Å². The number of nitrogens with zero attached hydrogens (tertiary/aromatic N) is 3. The Kier molecular flexibility index (Phi) is 7.08. The standard InChI is InChI=1S/C29H21N5O5/c30-25(35)20-8-14-23(15-9-20)38-28-32-27(33-29(34-28)39-24-16-10-21(11-17-24)26(31)36)37-22-12-6-19(7-13-22)18-4-2-1-3-5-18/h1-17H,(H2,30,35)(H2,31,36). The van der Waals surface area contributed by atoms with E-state index in [1.807, 2.05) is 42.5 Å². The van der Waals surface area contributed by atoms with Gasteiger partial charge in [0, 0.05) is 11.1 Å². The molecule has 0 aliphatic heterocycles. The molecule has 39 heavy (non-hydrogen) atoms. The number of rotatable bonds is 9. The summed E-state index contributed by atoms with van der Waals surface area (Å²) in [5.41, 5.74) is 13.3. The first kappa shape index (κ1) is 24.9. The molecule has 0 aliphatic rings. The lowest BCUT2D eigenvalue weighted by Crippen LogP contribution is -2.10. The van der Waals surface area contributed by atoms with Crippen LogP contribution in [-0.2, 0) is 0 Å². The van der Waals surface area contributed by atoms with Gasteiger partial charge in [-0.15, -0.1) is 15.0 Å². The molecule has 0 radical (unpaired) electrons. The van der Waals surface area contributed by atoms with Crippen LogP contribution in [0.2, 0.25) is 0 Å². The third-order valence-corrected chi connectivity index (χ3v) is 5.44. The van der Waals surface area contributed by atoms with E-state index in [-0.39, 0.29) is 18.0 Å². The summed E-state index contributed by atoms with van der Waals surface area (Å²) in [6, 6.07) is 29.3. The third kappa shape index (κ3) is 6.33. The Balaban J connectivity index is 1.41. The molecule has 0 saturated heterocycles. The van der Waals surface area contributed by atoms with Crippen LogP contribution in [0.25, 0.3) is 11.1 Å². The highest BCUT2D eigenvalue weighted by Gasteiger charge is 2.14. The molecule has 4 N–H and O–H groups in total. The average molecular weight is 520 g/mol. The number of ether oxygens (including phenoxy) is 3. The van der Waals surface area contributed by atoms with Crippen LogP contribution in [0.4, 0.5) is 0 Å². The van der Waals surface area contributed by atoms with Gasteiger partial charge in [-0.2, -0.15) is 0 Å². The van der Waals surface area contributed by atoms with Crippen molar-refractivity contribution in [3.8, 4) is 46.4 Å². The van der Waals surface area contributed by atoms with E-state index in [2.05, 4.69) is 15.0 Å². The zero-order valence-electron chi connectivity index (χ0n) is 20.4. The lowest BCUT2D eigenvalue weighted by Gasteiger charge is -2.10. The van der Waals surface area contributed by atoms with Crippen LogP contribution < -0.4 is 25.7 Å². The van der Waals surface area contributed by atoms with Gasteiger partial charge in [0.1, 0.15) is 17.2 Å². The largest absolute Gasteiger partial charge is 0.424 e. The summed E-state index contributed by atoms with van der Waals surface area (Å²) >= 11 is 0. The maximum absolute atomic E-state index is 11.4. The Morgan fingerprint density at radius 1 is 0.462 bits per heavy atom. The Labute approximate surface area is 222 Å². The molecule has 1 aromatic heterocycles. The van der Waals surface area contributed by atoms with Crippen molar-refractivity contribution in [2.45, 2.75) is 0 Å². The predicted molar refractivity (Wildman–Crippen MR) is 142 cm³/mol. The van der Waals surface area contributed by atoms with Crippen LogP contribution in [0.1, 0.15) is 20.7 Å². The van der Waals surface area contributed by atoms with Crippen molar-refractivity contribution in [1.29, 1.82) is 0 Å². The first-order chi connectivity index (χ1) is 18.9. The van der Waals surface area contributed by atoms with Gasteiger partial charge < -0.3 is 25.7 Å². The van der Waals surface area contributed by atoms with Gasteiger partial charge >= 0.3 is 18.0 Å². The number of primary amides is 2. The molecular weight excluding hydrogens is 498 g/mol. The van der Waals surface area contributed by atoms with Gasteiger partial charge in [0.2, 0.25) is 11.8 Å². The highest BCUT2D eigenvalue weighted by molar-refractivity contribution is 5.93. The molecule has 2 amide bonds. The Morgan fingerprint density at radius 3 is 1.15 bits per heavy atom. The normalized spacial score (nSPS) is 10.5. The maximum atomic E-state index is 11.4. The van der Waals surface area contributed by atoms with Crippen LogP contribution in [-0.4, -0.2) is 26.8 Å². The van der Waals surface area contributed by atoms with E-state index < -0.39 is 11.8 Å². The van der Waals surface area contributed by atoms with Crippen LogP contribution >= 0.6 is 0 Å². The highest BCUT2D eigenvalue weighted by Crippen LogP contribution is 2.28. The number of carbonyl (C=O) groups excluding carboxylic acids is 2. The van der Waals surface area contributed by atoms with E-state index in [0.29, 0.717) is 28.4 Å². The second kappa shape index (κ2) is 11.1. The van der Waals surface area contributed by atoms with Crippen LogP contribution in [0.15, 0.2) is 103 Å². The quantitative estimate of drug-likeness (QED) is 0.272. The molecular formula is C29H21N5O5. The van der Waals surface area contributed by atoms with Crippen LogP contribution in [0.5, 0.6) is 35.3 Å². The van der Waals surface area contributed by atoms with Crippen molar-refractivity contribution in [2.24, 2.45) is 11.5 Å². The minimum absolute atomic E-state index is 0.0787. The van der Waals surface area contributed by atoms with E-state index in [9.17, 15) is 9.59 Å². The van der Waals surface area contributed by atoms with Crippen LogP contribution in [0, 0.1) is 0 Å². The van der Waals surface area contributed by atoms with E-state index in [1.165, 1.54) is 24.3 Å². The Bertz CT molecular complexity index is 1530. The number of hydrogen-bond donors (Lipinski definition) is 2. The summed E-state index contributed by atoms with van der Waals surface area (Å²) in [7, 11) is 0. The molecule has 0 spiro atoms. The Morgan fingerprint density at radius 2 is 0.795 bits per heavy atom. The summed E-state index contributed by atoms with van der Waals surface area (Å²) in [4.78, 5) is 35.4. The van der Waals surface area contributed by atoms with Gasteiger partial charge in [-0.3, -0.25) is 9.59 Å². The number of aromatic nitrogens is 3. The second-order valence-corrected chi connectivity index (χ2v) is 8.16. The first-order valence-corrected chi connectivity index (χ1v) is 11.7. The molecule has 10 heteroatoms. The van der Waals surface area contributed by atoms with E-state index >= 15 is 0 Å². The van der Waals surface area contributed by atoms with E-state index in [0.717, 1.165) is 11.1 Å². The van der Waals surface area contributed by atoms with Gasteiger partial charge in [0.05, 0.1) is 0 Å². The van der Waals surface area contributed by atoms with Gasteiger partial charge in [0.25, 0.3) is 0 Å². The van der Waals surface area contributed by atoms with Crippen molar-refractivity contribution in [3.05, 3.63) is 114 Å². The molecule has 4 aromatic carbocycles. The lowest BCUT2D eigenvalue weighted by molar-refractivity contribution is 0.0992. The predicted octanol–water partition coefficient (Wildman–Crippen LogP) is 5.11. The minimum atomic E-state index is -0.561. The molecule has 0 unspecified atom stereocenters. The summed E-state index contributed by atoms with van der Waals surface area (Å²) in [6.45, 7) is 0. The second-order valence-electron chi connectivity index (χ2n) is 8.16. The van der Waals surface area contributed by atoms with Crippen molar-refractivity contribution in [2.75, 3.05) is 0 Å². The van der Waals surface area contributed by atoms with Crippen LogP contribution in [0.3, 0.4) is 0 Å². The van der Waals surface area contributed by atoms with Gasteiger partial charge in [-0.1, -0.05) is 42.5 Å². The molecule has 0 bridgehead atoms. The fourth-order valence-corrected chi connectivity index (χ4v) is 3.49. The fraction of sp³-hybridized carbons (Fsp3) is 0. The highest BCUT2D eigenvalue weighted by atomic mass is 16.5. The summed E-state index contributed by atoms with van der Waals surface area (Å²) in [5.74, 6) is 0.0547. The maximum Gasteiger partial charge on any atom is 0.331 e. The molecule has 1 heterocycles. The number of benzene rings is 4. The molecule has 0 atom stereocenters. The summed E-state index contributed by atoms with van der Waals surface area (Å²) < 4.78 is 17.4. The SMILES string of the molecule is NC(=O)c1ccc(Oc2nc(Oc3ccc(C(N)=O)cc3)nc(Oc3ccc(-c4ccccc4)cc3)n2)cc1. The number of carbonyl (C=O) groups is 2. The smallest absolute Gasteiger partial charge is 0.331 e. The average Bonchev–Trinajstić information content (AvgIpc) is 2.94. The first-order valence-electron chi connectivity index (χ1n) is 11.7. The molecule has 0 saturated carbocycles. The van der Waals surface area contributed by atoms with E-state index in [4.69, 9.17) is 25.7 Å². The number of amides is 2. The number of nitrogens with two attached hydrogens (primary N) is 2. The topological polar surface area (TPSA) is 153 Å². The summed E-state index contributed by atoms with van der Waals surface area (Å²) in [6.07, 6.45) is 0. The number of hydrogen-bond acceptors (Lipinski definition) is 8. The fourth-order valence-electron chi connectivity index (χ4n) is 3.49. The van der Waals surface area contributed by atoms with Crippen molar-refractivity contribution >= 4 is 11.8 Å². The molecule has 0 aliphatic carbocycles.